The number of amides is 1. The first-order valence-corrected chi connectivity index (χ1v) is 6.52. The maximum atomic E-state index is 12.0. The fourth-order valence-electron chi connectivity index (χ4n) is 2.37. The predicted molar refractivity (Wildman–Crippen MR) is 73.0 cm³/mol. The second kappa shape index (κ2) is 5.26. The van der Waals surface area contributed by atoms with Crippen molar-refractivity contribution < 1.29 is 9.53 Å². The number of hydrogen-bond donors (Lipinski definition) is 0. The number of carbonyl (C=O) groups is 1. The van der Waals surface area contributed by atoms with Gasteiger partial charge in [-0.3, -0.25) is 4.99 Å². The van der Waals surface area contributed by atoms with Crippen molar-refractivity contribution in [3.8, 4) is 0 Å². The highest BCUT2D eigenvalue weighted by molar-refractivity contribution is 5.71. The molecular formula is C15H16N2O2. The van der Waals surface area contributed by atoms with Crippen molar-refractivity contribution in [1.29, 1.82) is 0 Å². The monoisotopic (exact) mass is 256 g/mol. The van der Waals surface area contributed by atoms with Gasteiger partial charge in [0, 0.05) is 19.2 Å². The molecule has 1 aromatic rings. The zero-order chi connectivity index (χ0) is 13.1. The van der Waals surface area contributed by atoms with Gasteiger partial charge in [0.25, 0.3) is 0 Å². The summed E-state index contributed by atoms with van der Waals surface area (Å²) >= 11 is 0. The van der Waals surface area contributed by atoms with Crippen molar-refractivity contribution in [1.82, 2.24) is 4.90 Å². The number of benzene rings is 1. The molecule has 0 saturated carbocycles. The van der Waals surface area contributed by atoms with Crippen molar-refractivity contribution in [3.63, 3.8) is 0 Å². The van der Waals surface area contributed by atoms with Gasteiger partial charge in [-0.25, -0.2) is 4.79 Å². The predicted octanol–water partition coefficient (Wildman–Crippen LogP) is 2.76. The highest BCUT2D eigenvalue weighted by Gasteiger charge is 2.24. The van der Waals surface area contributed by atoms with E-state index in [4.69, 9.17) is 4.74 Å². The summed E-state index contributed by atoms with van der Waals surface area (Å²) in [7, 11) is 0. The molecule has 1 aromatic carbocycles. The normalized spacial score (nSPS) is 17.6. The van der Waals surface area contributed by atoms with E-state index in [0.717, 1.165) is 30.6 Å². The largest absolute Gasteiger partial charge is 0.445 e. The molecule has 1 amide bonds. The lowest BCUT2D eigenvalue weighted by Crippen LogP contribution is -2.36. The van der Waals surface area contributed by atoms with Crippen LogP contribution < -0.4 is 0 Å². The Morgan fingerprint density at radius 1 is 1.32 bits per heavy atom. The molecule has 4 nitrogen and oxygen atoms in total. The first-order valence-electron chi connectivity index (χ1n) is 6.52. The molecule has 2 heterocycles. The lowest BCUT2D eigenvalue weighted by molar-refractivity contribution is 0.0978. The van der Waals surface area contributed by atoms with Gasteiger partial charge in [-0.2, -0.15) is 0 Å². The average molecular weight is 256 g/mol. The first-order chi connectivity index (χ1) is 9.33. The third-order valence-corrected chi connectivity index (χ3v) is 3.48. The fraction of sp³-hybridized carbons (Fsp3) is 0.333. The Labute approximate surface area is 112 Å². The van der Waals surface area contributed by atoms with E-state index in [0.29, 0.717) is 13.2 Å². The molecule has 0 unspecified atom stereocenters. The molecule has 0 spiro atoms. The summed E-state index contributed by atoms with van der Waals surface area (Å²) in [5.41, 5.74) is 3.42. The van der Waals surface area contributed by atoms with Gasteiger partial charge < -0.3 is 9.64 Å². The van der Waals surface area contributed by atoms with Crippen molar-refractivity contribution in [2.75, 3.05) is 13.1 Å². The summed E-state index contributed by atoms with van der Waals surface area (Å²) in [5, 5.41) is 0. The summed E-state index contributed by atoms with van der Waals surface area (Å²) in [4.78, 5) is 18.0. The topological polar surface area (TPSA) is 41.9 Å². The number of nitrogens with zero attached hydrogens (tertiary/aromatic N) is 2. The highest BCUT2D eigenvalue weighted by Crippen LogP contribution is 2.25. The van der Waals surface area contributed by atoms with Crippen LogP contribution >= 0.6 is 0 Å². The second-order valence-electron chi connectivity index (χ2n) is 4.78. The fourth-order valence-corrected chi connectivity index (χ4v) is 2.37. The molecule has 0 aromatic heterocycles. The lowest BCUT2D eigenvalue weighted by Gasteiger charge is -2.26. The van der Waals surface area contributed by atoms with Crippen molar-refractivity contribution in [2.24, 2.45) is 4.99 Å². The van der Waals surface area contributed by atoms with Crippen molar-refractivity contribution in [3.05, 3.63) is 47.2 Å². The van der Waals surface area contributed by atoms with Crippen LogP contribution in [0, 0.1) is 0 Å². The van der Waals surface area contributed by atoms with Gasteiger partial charge in [0.1, 0.15) is 6.61 Å². The molecule has 0 atom stereocenters. The van der Waals surface area contributed by atoms with Gasteiger partial charge in [-0.05, 0) is 17.6 Å². The average Bonchev–Trinajstić information content (AvgIpc) is 2.93. The molecule has 98 valence electrons. The summed E-state index contributed by atoms with van der Waals surface area (Å²) in [5.74, 6) is 0. The Morgan fingerprint density at radius 2 is 2.16 bits per heavy atom. The van der Waals surface area contributed by atoms with E-state index in [2.05, 4.69) is 4.99 Å². The Hall–Kier alpha value is -2.10. The van der Waals surface area contributed by atoms with E-state index >= 15 is 0 Å². The van der Waals surface area contributed by atoms with Crippen LogP contribution in [0.25, 0.3) is 0 Å². The maximum Gasteiger partial charge on any atom is 0.410 e. The summed E-state index contributed by atoms with van der Waals surface area (Å²) in [6, 6.07) is 9.72. The van der Waals surface area contributed by atoms with Gasteiger partial charge in [-0.1, -0.05) is 30.3 Å². The van der Waals surface area contributed by atoms with Gasteiger partial charge in [0.15, 0.2) is 0 Å². The van der Waals surface area contributed by atoms with Crippen LogP contribution in [0.4, 0.5) is 4.79 Å². The van der Waals surface area contributed by atoms with Crippen molar-refractivity contribution >= 4 is 12.3 Å². The number of hydrogen-bond acceptors (Lipinski definition) is 3. The van der Waals surface area contributed by atoms with Crippen LogP contribution in [-0.2, 0) is 11.3 Å². The maximum absolute atomic E-state index is 12.0. The zero-order valence-corrected chi connectivity index (χ0v) is 10.7. The van der Waals surface area contributed by atoms with Crippen LogP contribution in [0.1, 0.15) is 18.4 Å². The van der Waals surface area contributed by atoms with Gasteiger partial charge in [-0.15, -0.1) is 0 Å². The quantitative estimate of drug-likeness (QED) is 0.816. The number of ether oxygens (including phenoxy) is 1. The van der Waals surface area contributed by atoms with E-state index in [-0.39, 0.29) is 6.09 Å². The van der Waals surface area contributed by atoms with Gasteiger partial charge in [0.05, 0.1) is 12.2 Å². The van der Waals surface area contributed by atoms with E-state index < -0.39 is 0 Å². The Morgan fingerprint density at radius 3 is 3.00 bits per heavy atom. The van der Waals surface area contributed by atoms with Gasteiger partial charge in [0.2, 0.25) is 0 Å². The molecule has 0 N–H and O–H groups in total. The highest BCUT2D eigenvalue weighted by atomic mass is 16.6. The molecule has 2 aliphatic heterocycles. The third kappa shape index (κ3) is 2.67. The molecule has 19 heavy (non-hydrogen) atoms. The molecule has 0 bridgehead atoms. The van der Waals surface area contributed by atoms with Crippen LogP contribution in [-0.4, -0.2) is 30.3 Å². The number of carbonyl (C=O) groups excluding carboxylic acids is 1. The van der Waals surface area contributed by atoms with Gasteiger partial charge >= 0.3 is 6.09 Å². The standard InChI is InChI=1S/C15H16N2O2/c18-15(19-11-12-4-2-1-3-5-12)17-9-7-13-6-8-16-14(13)10-17/h1-5,8H,6-7,9-11H2. The number of rotatable bonds is 2. The molecule has 0 radical (unpaired) electrons. The second-order valence-corrected chi connectivity index (χ2v) is 4.78. The van der Waals surface area contributed by atoms with Crippen LogP contribution in [0.3, 0.4) is 0 Å². The zero-order valence-electron chi connectivity index (χ0n) is 10.7. The Bertz CT molecular complexity index is 534. The van der Waals surface area contributed by atoms with E-state index in [1.165, 1.54) is 5.57 Å². The Balaban J connectivity index is 1.55. The van der Waals surface area contributed by atoms with Crippen LogP contribution in [0.15, 0.2) is 46.6 Å². The minimum Gasteiger partial charge on any atom is -0.445 e. The molecule has 2 aliphatic rings. The summed E-state index contributed by atoms with van der Waals surface area (Å²) in [6.07, 6.45) is 3.53. The van der Waals surface area contributed by atoms with E-state index in [1.807, 2.05) is 36.5 Å². The first kappa shape index (κ1) is 12.0. The third-order valence-electron chi connectivity index (χ3n) is 3.48. The lowest BCUT2D eigenvalue weighted by atomic mass is 10.1. The SMILES string of the molecule is O=C(OCc1ccccc1)N1CCC2=C(C1)N=CC2. The minimum absolute atomic E-state index is 0.252. The van der Waals surface area contributed by atoms with Crippen LogP contribution in [0.2, 0.25) is 0 Å². The molecular weight excluding hydrogens is 240 g/mol. The summed E-state index contributed by atoms with van der Waals surface area (Å²) in [6.45, 7) is 1.64. The molecule has 0 fully saturated rings. The van der Waals surface area contributed by atoms with Crippen LogP contribution in [0.5, 0.6) is 0 Å². The molecule has 0 aliphatic carbocycles. The summed E-state index contributed by atoms with van der Waals surface area (Å²) < 4.78 is 5.33. The number of aliphatic imine (C=N–C) groups is 1. The van der Waals surface area contributed by atoms with E-state index in [9.17, 15) is 4.79 Å². The van der Waals surface area contributed by atoms with E-state index in [1.54, 1.807) is 4.90 Å². The smallest absolute Gasteiger partial charge is 0.410 e. The molecule has 0 saturated heterocycles. The Kier molecular flexibility index (Phi) is 3.31. The minimum atomic E-state index is -0.252. The molecule has 3 rings (SSSR count). The van der Waals surface area contributed by atoms with Crippen molar-refractivity contribution in [2.45, 2.75) is 19.4 Å². The molecule has 4 heteroatoms.